The Hall–Kier alpha value is -0.860. The molecular weight excluding hydrogens is 212 g/mol. The fourth-order valence-electron chi connectivity index (χ4n) is 2.73. The highest BCUT2D eigenvalue weighted by Crippen LogP contribution is 2.31. The Morgan fingerprint density at radius 2 is 1.65 bits per heavy atom. The molecule has 0 aromatic heterocycles. The summed E-state index contributed by atoms with van der Waals surface area (Å²) in [5.41, 5.74) is 5.20. The van der Waals surface area contributed by atoms with E-state index in [0.717, 1.165) is 6.42 Å². The Balaban J connectivity index is 3.03. The van der Waals surface area contributed by atoms with Crippen LogP contribution in [0.15, 0.2) is 12.1 Å². The first-order valence-electron chi connectivity index (χ1n) is 6.36. The number of hydrogen-bond acceptors (Lipinski definition) is 2. The predicted octanol–water partition coefficient (Wildman–Crippen LogP) is 2.85. The van der Waals surface area contributed by atoms with Gasteiger partial charge in [-0.1, -0.05) is 24.6 Å². The summed E-state index contributed by atoms with van der Waals surface area (Å²) in [5, 5.41) is 18.6. The molecule has 0 amide bonds. The fourth-order valence-corrected chi connectivity index (χ4v) is 2.73. The fraction of sp³-hybridized carbons (Fsp3) is 0.600. The van der Waals surface area contributed by atoms with Gasteiger partial charge in [0.05, 0.1) is 12.7 Å². The van der Waals surface area contributed by atoms with E-state index in [1.54, 1.807) is 0 Å². The summed E-state index contributed by atoms with van der Waals surface area (Å²) < 4.78 is 0. The third kappa shape index (κ3) is 3.55. The van der Waals surface area contributed by atoms with Gasteiger partial charge in [-0.3, -0.25) is 0 Å². The molecule has 96 valence electrons. The van der Waals surface area contributed by atoms with Gasteiger partial charge in [0, 0.05) is 0 Å². The maximum absolute atomic E-state index is 9.61. The van der Waals surface area contributed by atoms with E-state index in [4.69, 9.17) is 5.11 Å². The number of aryl methyl sites for hydroxylation is 3. The summed E-state index contributed by atoms with van der Waals surface area (Å²) >= 11 is 0. The first-order chi connectivity index (χ1) is 7.99. The monoisotopic (exact) mass is 236 g/mol. The molecule has 0 saturated heterocycles. The highest BCUT2D eigenvalue weighted by Gasteiger charge is 2.18. The van der Waals surface area contributed by atoms with Crippen LogP contribution in [-0.4, -0.2) is 22.9 Å². The lowest BCUT2D eigenvalue weighted by Gasteiger charge is -2.22. The number of hydrogen-bond donors (Lipinski definition) is 2. The van der Waals surface area contributed by atoms with E-state index < -0.39 is 6.10 Å². The Morgan fingerprint density at radius 3 is 2.06 bits per heavy atom. The summed E-state index contributed by atoms with van der Waals surface area (Å²) in [6, 6.07) is 4.38. The van der Waals surface area contributed by atoms with Crippen molar-refractivity contribution in [2.24, 2.45) is 0 Å². The Labute approximate surface area is 104 Å². The van der Waals surface area contributed by atoms with Crippen molar-refractivity contribution in [1.82, 2.24) is 0 Å². The molecule has 2 heteroatoms. The van der Waals surface area contributed by atoms with E-state index in [1.165, 1.54) is 22.3 Å². The smallest absolute Gasteiger partial charge is 0.0776 e. The van der Waals surface area contributed by atoms with E-state index in [2.05, 4.69) is 39.8 Å². The minimum atomic E-state index is -0.611. The van der Waals surface area contributed by atoms with Gasteiger partial charge < -0.3 is 10.2 Å². The lowest BCUT2D eigenvalue weighted by Crippen LogP contribution is -2.17. The summed E-state index contributed by atoms with van der Waals surface area (Å²) in [6.07, 6.45) is 1.01. The molecule has 0 saturated carbocycles. The van der Waals surface area contributed by atoms with Gasteiger partial charge in [0.1, 0.15) is 0 Å². The Morgan fingerprint density at radius 1 is 1.12 bits per heavy atom. The maximum Gasteiger partial charge on any atom is 0.0776 e. The van der Waals surface area contributed by atoms with Crippen LogP contribution < -0.4 is 0 Å². The summed E-state index contributed by atoms with van der Waals surface area (Å²) in [4.78, 5) is 0. The van der Waals surface area contributed by atoms with Crippen molar-refractivity contribution >= 4 is 0 Å². The Kier molecular flexibility index (Phi) is 5.16. The van der Waals surface area contributed by atoms with Gasteiger partial charge in [-0.2, -0.15) is 0 Å². The minimum absolute atomic E-state index is 0.152. The average Bonchev–Trinajstić information content (AvgIpc) is 2.25. The number of benzene rings is 1. The van der Waals surface area contributed by atoms with Crippen LogP contribution in [0.5, 0.6) is 0 Å². The highest BCUT2D eigenvalue weighted by molar-refractivity contribution is 5.40. The third-order valence-electron chi connectivity index (χ3n) is 3.41. The molecule has 0 fully saturated rings. The molecule has 2 unspecified atom stereocenters. The largest absolute Gasteiger partial charge is 0.394 e. The van der Waals surface area contributed by atoms with Gasteiger partial charge in [0.25, 0.3) is 0 Å². The van der Waals surface area contributed by atoms with E-state index >= 15 is 0 Å². The van der Waals surface area contributed by atoms with Crippen LogP contribution in [0.4, 0.5) is 0 Å². The highest BCUT2D eigenvalue weighted by atomic mass is 16.3. The van der Waals surface area contributed by atoms with Crippen molar-refractivity contribution < 1.29 is 10.2 Å². The quantitative estimate of drug-likeness (QED) is 0.825. The van der Waals surface area contributed by atoms with Gasteiger partial charge in [-0.15, -0.1) is 0 Å². The zero-order valence-corrected chi connectivity index (χ0v) is 11.3. The molecule has 1 aromatic rings. The lowest BCUT2D eigenvalue weighted by atomic mass is 9.84. The lowest BCUT2D eigenvalue weighted by molar-refractivity contribution is 0.0816. The summed E-state index contributed by atoms with van der Waals surface area (Å²) in [7, 11) is 0. The molecule has 0 aliphatic rings. The molecular formula is C15H24O2. The average molecular weight is 236 g/mol. The first kappa shape index (κ1) is 14.2. The second kappa shape index (κ2) is 6.18. The zero-order chi connectivity index (χ0) is 13.0. The van der Waals surface area contributed by atoms with E-state index in [0.29, 0.717) is 12.3 Å². The number of rotatable bonds is 5. The molecule has 2 N–H and O–H groups in total. The number of aliphatic hydroxyl groups is 2. The molecule has 0 aliphatic heterocycles. The van der Waals surface area contributed by atoms with Crippen molar-refractivity contribution in [3.8, 4) is 0 Å². The topological polar surface area (TPSA) is 40.5 Å². The molecule has 0 bridgehead atoms. The van der Waals surface area contributed by atoms with E-state index in [-0.39, 0.29) is 6.61 Å². The molecule has 1 aromatic carbocycles. The third-order valence-corrected chi connectivity index (χ3v) is 3.41. The SMILES string of the molecule is CCC(CC(O)CO)c1c(C)cc(C)cc1C. The molecule has 2 nitrogen and oxygen atoms in total. The van der Waals surface area contributed by atoms with Gasteiger partial charge in [-0.05, 0) is 56.2 Å². The summed E-state index contributed by atoms with van der Waals surface area (Å²) in [6.45, 7) is 8.34. The van der Waals surface area contributed by atoms with Gasteiger partial charge >= 0.3 is 0 Å². The molecule has 0 spiro atoms. The van der Waals surface area contributed by atoms with Crippen molar-refractivity contribution in [2.45, 2.75) is 52.6 Å². The van der Waals surface area contributed by atoms with Crippen LogP contribution in [0, 0.1) is 20.8 Å². The first-order valence-corrected chi connectivity index (χ1v) is 6.36. The molecule has 1 rings (SSSR count). The van der Waals surface area contributed by atoms with Crippen molar-refractivity contribution in [3.05, 3.63) is 34.4 Å². The second-order valence-electron chi connectivity index (χ2n) is 4.99. The van der Waals surface area contributed by atoms with Crippen molar-refractivity contribution in [1.29, 1.82) is 0 Å². The van der Waals surface area contributed by atoms with E-state index in [9.17, 15) is 5.11 Å². The van der Waals surface area contributed by atoms with Crippen molar-refractivity contribution in [3.63, 3.8) is 0 Å². The molecule has 0 aliphatic carbocycles. The Bertz CT molecular complexity index is 348. The van der Waals surface area contributed by atoms with Crippen LogP contribution in [-0.2, 0) is 0 Å². The molecule has 0 radical (unpaired) electrons. The van der Waals surface area contributed by atoms with Crippen LogP contribution >= 0.6 is 0 Å². The van der Waals surface area contributed by atoms with Crippen molar-refractivity contribution in [2.75, 3.05) is 6.61 Å². The normalized spacial score (nSPS) is 14.7. The molecule has 0 heterocycles. The van der Waals surface area contributed by atoms with Gasteiger partial charge in [0.15, 0.2) is 0 Å². The van der Waals surface area contributed by atoms with Crippen LogP contribution in [0.2, 0.25) is 0 Å². The number of aliphatic hydroxyl groups excluding tert-OH is 2. The standard InChI is InChI=1S/C15H24O2/c1-5-13(8-14(17)9-16)15-11(3)6-10(2)7-12(15)4/h6-7,13-14,16-17H,5,8-9H2,1-4H3. The van der Waals surface area contributed by atoms with Gasteiger partial charge in [-0.25, -0.2) is 0 Å². The molecule has 17 heavy (non-hydrogen) atoms. The van der Waals surface area contributed by atoms with Crippen LogP contribution in [0.1, 0.15) is 47.9 Å². The zero-order valence-electron chi connectivity index (χ0n) is 11.3. The van der Waals surface area contributed by atoms with Crippen LogP contribution in [0.25, 0.3) is 0 Å². The molecule has 2 atom stereocenters. The minimum Gasteiger partial charge on any atom is -0.394 e. The van der Waals surface area contributed by atoms with Crippen LogP contribution in [0.3, 0.4) is 0 Å². The van der Waals surface area contributed by atoms with Gasteiger partial charge in [0.2, 0.25) is 0 Å². The summed E-state index contributed by atoms with van der Waals surface area (Å²) in [5.74, 6) is 0.331. The predicted molar refractivity (Wildman–Crippen MR) is 71.4 cm³/mol. The second-order valence-corrected chi connectivity index (χ2v) is 4.99. The van der Waals surface area contributed by atoms with E-state index in [1.807, 2.05) is 0 Å². The maximum atomic E-state index is 9.61.